The molecule has 2 aliphatic carbocycles. The Bertz CT molecular complexity index is 324. The fourth-order valence-corrected chi connectivity index (χ4v) is 3.05. The minimum absolute atomic E-state index is 0.0718. The smallest absolute Gasteiger partial charge is 0.327 e. The van der Waals surface area contributed by atoms with Gasteiger partial charge in [-0.3, -0.25) is 5.32 Å². The highest BCUT2D eigenvalue weighted by atomic mass is 16.5. The van der Waals surface area contributed by atoms with E-state index in [1.54, 1.807) is 0 Å². The van der Waals surface area contributed by atoms with E-state index < -0.39 is 5.54 Å². The summed E-state index contributed by atoms with van der Waals surface area (Å²) in [5, 5.41) is 3.61. The number of esters is 1. The summed E-state index contributed by atoms with van der Waals surface area (Å²) in [4.78, 5) is 14.7. The largest absolute Gasteiger partial charge is 0.468 e. The van der Waals surface area contributed by atoms with Gasteiger partial charge in [0.2, 0.25) is 0 Å². The maximum atomic E-state index is 12.4. The number of likely N-dealkylation sites (N-methyl/N-ethyl adjacent to an activating group) is 1. The van der Waals surface area contributed by atoms with Crippen molar-refractivity contribution >= 4 is 5.97 Å². The second kappa shape index (κ2) is 5.80. The second-order valence-corrected chi connectivity index (χ2v) is 6.75. The van der Waals surface area contributed by atoms with Crippen molar-refractivity contribution in [2.75, 3.05) is 27.2 Å². The summed E-state index contributed by atoms with van der Waals surface area (Å²) in [6.45, 7) is 6.19. The van der Waals surface area contributed by atoms with Crippen molar-refractivity contribution in [3.05, 3.63) is 0 Å². The number of ether oxygens (including phenoxy) is 1. The normalized spacial score (nSPS) is 22.6. The Balaban J connectivity index is 2.08. The summed E-state index contributed by atoms with van der Waals surface area (Å²) in [7, 11) is 3.62. The average molecular weight is 268 g/mol. The number of nitrogens with zero attached hydrogens (tertiary/aromatic N) is 1. The lowest BCUT2D eigenvalue weighted by Crippen LogP contribution is -2.61. The molecule has 110 valence electrons. The Morgan fingerprint density at radius 1 is 1.37 bits per heavy atom. The molecule has 0 aromatic carbocycles. The summed E-state index contributed by atoms with van der Waals surface area (Å²) in [5.41, 5.74) is -0.473. The number of rotatable bonds is 8. The van der Waals surface area contributed by atoms with Crippen LogP contribution in [-0.2, 0) is 9.53 Å². The molecule has 0 saturated heterocycles. The van der Waals surface area contributed by atoms with Crippen LogP contribution in [0.15, 0.2) is 0 Å². The van der Waals surface area contributed by atoms with Crippen LogP contribution in [0, 0.1) is 11.8 Å². The van der Waals surface area contributed by atoms with E-state index in [0.29, 0.717) is 17.9 Å². The van der Waals surface area contributed by atoms with E-state index in [2.05, 4.69) is 31.1 Å². The maximum absolute atomic E-state index is 12.4. The van der Waals surface area contributed by atoms with Gasteiger partial charge >= 0.3 is 5.97 Å². The molecular formula is C15H28N2O2. The average Bonchev–Trinajstić information content (AvgIpc) is 3.17. The molecule has 0 spiro atoms. The molecule has 1 atom stereocenters. The van der Waals surface area contributed by atoms with E-state index in [0.717, 1.165) is 25.9 Å². The Hall–Kier alpha value is -0.610. The molecule has 2 aliphatic rings. The van der Waals surface area contributed by atoms with E-state index in [-0.39, 0.29) is 5.97 Å². The van der Waals surface area contributed by atoms with Gasteiger partial charge in [0.1, 0.15) is 5.54 Å². The fraction of sp³-hybridized carbons (Fsp3) is 0.933. The van der Waals surface area contributed by atoms with Crippen LogP contribution in [0.1, 0.15) is 39.5 Å². The zero-order chi connectivity index (χ0) is 14.0. The summed E-state index contributed by atoms with van der Waals surface area (Å²) >= 11 is 0. The Kier molecular flexibility index (Phi) is 4.51. The van der Waals surface area contributed by atoms with Gasteiger partial charge in [-0.15, -0.1) is 0 Å². The molecule has 2 fully saturated rings. The first-order chi connectivity index (χ1) is 8.98. The molecule has 1 N–H and O–H groups in total. The number of hydrogen-bond donors (Lipinski definition) is 1. The molecule has 0 aliphatic heterocycles. The zero-order valence-corrected chi connectivity index (χ0v) is 12.7. The van der Waals surface area contributed by atoms with Gasteiger partial charge in [-0.2, -0.15) is 0 Å². The molecule has 4 heteroatoms. The Morgan fingerprint density at radius 3 is 2.42 bits per heavy atom. The topological polar surface area (TPSA) is 41.6 Å². The van der Waals surface area contributed by atoms with Gasteiger partial charge < -0.3 is 9.64 Å². The molecule has 0 bridgehead atoms. The Labute approximate surface area is 116 Å². The molecule has 0 aromatic rings. The van der Waals surface area contributed by atoms with E-state index in [4.69, 9.17) is 4.74 Å². The van der Waals surface area contributed by atoms with Crippen molar-refractivity contribution in [3.63, 3.8) is 0 Å². The number of nitrogens with one attached hydrogen (secondary N) is 1. The quantitative estimate of drug-likeness (QED) is 0.680. The molecule has 0 heterocycles. The van der Waals surface area contributed by atoms with E-state index in [1.165, 1.54) is 20.0 Å². The van der Waals surface area contributed by atoms with Crippen molar-refractivity contribution in [1.82, 2.24) is 10.2 Å². The molecule has 0 aromatic heterocycles. The number of hydrogen-bond acceptors (Lipinski definition) is 4. The summed E-state index contributed by atoms with van der Waals surface area (Å²) in [6.07, 6.45) is 4.67. The molecule has 2 rings (SSSR count). The number of methoxy groups -OCH3 is 1. The van der Waals surface area contributed by atoms with E-state index in [9.17, 15) is 4.79 Å². The molecule has 1 unspecified atom stereocenters. The predicted molar refractivity (Wildman–Crippen MR) is 76.0 cm³/mol. The third-order valence-electron chi connectivity index (χ3n) is 4.06. The van der Waals surface area contributed by atoms with Crippen molar-refractivity contribution in [1.29, 1.82) is 0 Å². The molecule has 19 heavy (non-hydrogen) atoms. The van der Waals surface area contributed by atoms with Gasteiger partial charge in [-0.1, -0.05) is 13.8 Å². The molecule has 4 nitrogen and oxygen atoms in total. The first-order valence-electron chi connectivity index (χ1n) is 7.52. The van der Waals surface area contributed by atoms with Crippen molar-refractivity contribution in [2.45, 2.75) is 51.1 Å². The fourth-order valence-electron chi connectivity index (χ4n) is 3.05. The minimum atomic E-state index is -0.473. The van der Waals surface area contributed by atoms with Crippen LogP contribution in [0.25, 0.3) is 0 Å². The monoisotopic (exact) mass is 268 g/mol. The van der Waals surface area contributed by atoms with Crippen LogP contribution in [-0.4, -0.2) is 49.7 Å². The first-order valence-corrected chi connectivity index (χ1v) is 7.52. The van der Waals surface area contributed by atoms with Gasteiger partial charge in [0, 0.05) is 19.1 Å². The number of carbonyl (C=O) groups excluding carboxylic acids is 1. The lowest BCUT2D eigenvalue weighted by Gasteiger charge is -2.36. The van der Waals surface area contributed by atoms with Crippen LogP contribution in [0.5, 0.6) is 0 Å². The van der Waals surface area contributed by atoms with Crippen molar-refractivity contribution in [3.8, 4) is 0 Å². The van der Waals surface area contributed by atoms with Crippen LogP contribution in [0.2, 0.25) is 0 Å². The third-order valence-corrected chi connectivity index (χ3v) is 4.06. The van der Waals surface area contributed by atoms with E-state index >= 15 is 0 Å². The minimum Gasteiger partial charge on any atom is -0.468 e. The van der Waals surface area contributed by atoms with Crippen molar-refractivity contribution < 1.29 is 9.53 Å². The summed E-state index contributed by atoms with van der Waals surface area (Å²) < 4.78 is 5.12. The Morgan fingerprint density at radius 2 is 2.00 bits per heavy atom. The molecule has 2 saturated carbocycles. The van der Waals surface area contributed by atoms with Gasteiger partial charge in [0.05, 0.1) is 7.11 Å². The van der Waals surface area contributed by atoms with E-state index in [1.807, 2.05) is 0 Å². The number of carbonyl (C=O) groups is 1. The lowest BCUT2D eigenvalue weighted by atomic mass is 9.91. The van der Waals surface area contributed by atoms with Crippen LogP contribution < -0.4 is 5.32 Å². The lowest BCUT2D eigenvalue weighted by molar-refractivity contribution is -0.151. The highest BCUT2D eigenvalue weighted by molar-refractivity contribution is 5.82. The standard InChI is InChI=1S/C15H28N2O2/c1-11(2)9-17(3)10-15(12-5-6-12,14(18)19-4)16-13-7-8-13/h11-13,16H,5-10H2,1-4H3. The SMILES string of the molecule is COC(=O)C(CN(C)CC(C)C)(NC1CC1)C1CC1. The van der Waals surface area contributed by atoms with Gasteiger partial charge in [-0.05, 0) is 44.6 Å². The summed E-state index contributed by atoms with van der Waals surface area (Å²) in [5.74, 6) is 0.994. The predicted octanol–water partition coefficient (Wildman–Crippen LogP) is 1.65. The van der Waals surface area contributed by atoms with Crippen LogP contribution in [0.4, 0.5) is 0 Å². The zero-order valence-electron chi connectivity index (χ0n) is 12.7. The van der Waals surface area contributed by atoms with Gasteiger partial charge in [0.15, 0.2) is 0 Å². The van der Waals surface area contributed by atoms with Gasteiger partial charge in [-0.25, -0.2) is 4.79 Å². The molecule has 0 amide bonds. The highest BCUT2D eigenvalue weighted by Crippen LogP contribution is 2.42. The first kappa shape index (κ1) is 14.8. The highest BCUT2D eigenvalue weighted by Gasteiger charge is 2.54. The summed E-state index contributed by atoms with van der Waals surface area (Å²) in [6, 6.07) is 0.521. The molecule has 0 radical (unpaired) electrons. The van der Waals surface area contributed by atoms with Crippen LogP contribution in [0.3, 0.4) is 0 Å². The molecular weight excluding hydrogens is 240 g/mol. The maximum Gasteiger partial charge on any atom is 0.327 e. The van der Waals surface area contributed by atoms with Gasteiger partial charge in [0.25, 0.3) is 0 Å². The third kappa shape index (κ3) is 3.69. The van der Waals surface area contributed by atoms with Crippen LogP contribution >= 0.6 is 0 Å². The second-order valence-electron chi connectivity index (χ2n) is 6.75. The van der Waals surface area contributed by atoms with Crippen molar-refractivity contribution in [2.24, 2.45) is 11.8 Å².